The van der Waals surface area contributed by atoms with Gasteiger partial charge in [0.2, 0.25) is 5.91 Å². The number of benzene rings is 1. The monoisotopic (exact) mass is 424 g/mol. The number of rotatable bonds is 8. The summed E-state index contributed by atoms with van der Waals surface area (Å²) in [6.07, 6.45) is 1.04. The average Bonchev–Trinajstić information content (AvgIpc) is 3.27. The van der Waals surface area contributed by atoms with Crippen LogP contribution in [0, 0.1) is 5.92 Å². The summed E-state index contributed by atoms with van der Waals surface area (Å²) in [6, 6.07) is 10.7. The maximum atomic E-state index is 12.5. The minimum absolute atomic E-state index is 0.0585. The molecule has 0 bridgehead atoms. The van der Waals surface area contributed by atoms with Gasteiger partial charge in [-0.2, -0.15) is 4.31 Å². The van der Waals surface area contributed by atoms with E-state index in [1.165, 1.54) is 15.6 Å². The van der Waals surface area contributed by atoms with Crippen LogP contribution in [0.5, 0.6) is 11.5 Å². The number of methoxy groups -OCH3 is 1. The largest absolute Gasteiger partial charge is 0.493 e. The second-order valence-electron chi connectivity index (χ2n) is 6.40. The van der Waals surface area contributed by atoms with Gasteiger partial charge in [-0.15, -0.1) is 11.3 Å². The number of carbonyl (C=O) groups is 1. The molecule has 0 radical (unpaired) electrons. The van der Waals surface area contributed by atoms with E-state index in [-0.39, 0.29) is 11.8 Å². The fourth-order valence-corrected chi connectivity index (χ4v) is 5.73. The van der Waals surface area contributed by atoms with Gasteiger partial charge in [-0.3, -0.25) is 4.79 Å². The SMILES string of the molecule is COc1ccccc1OCCNC(=O)C1CCN(S(=O)(=O)c2cccs2)CC1. The number of hydrogen-bond acceptors (Lipinski definition) is 6. The highest BCUT2D eigenvalue weighted by molar-refractivity contribution is 7.91. The number of carbonyl (C=O) groups excluding carboxylic acids is 1. The Kier molecular flexibility index (Phi) is 6.93. The van der Waals surface area contributed by atoms with E-state index >= 15 is 0 Å². The van der Waals surface area contributed by atoms with Crippen LogP contribution in [0.25, 0.3) is 0 Å². The van der Waals surface area contributed by atoms with E-state index < -0.39 is 10.0 Å². The fraction of sp³-hybridized carbons (Fsp3) is 0.421. The standard InChI is InChI=1S/C19H24N2O5S2/c1-25-16-5-2-3-6-17(16)26-13-10-20-19(22)15-8-11-21(12-9-15)28(23,24)18-7-4-14-27-18/h2-7,14-15H,8-13H2,1H3,(H,20,22). The summed E-state index contributed by atoms with van der Waals surface area (Å²) in [7, 11) is -1.86. The number of hydrogen-bond donors (Lipinski definition) is 1. The molecule has 28 heavy (non-hydrogen) atoms. The Balaban J connectivity index is 1.42. The Morgan fingerprint density at radius 3 is 2.54 bits per heavy atom. The zero-order valence-corrected chi connectivity index (χ0v) is 17.3. The van der Waals surface area contributed by atoms with Crippen LogP contribution < -0.4 is 14.8 Å². The van der Waals surface area contributed by atoms with Gasteiger partial charge in [0.25, 0.3) is 10.0 Å². The van der Waals surface area contributed by atoms with Crippen molar-refractivity contribution in [2.45, 2.75) is 17.1 Å². The first-order valence-electron chi connectivity index (χ1n) is 9.09. The Bertz CT molecular complexity index is 875. The third kappa shape index (κ3) is 4.84. The summed E-state index contributed by atoms with van der Waals surface area (Å²) in [6.45, 7) is 1.42. The number of amides is 1. The van der Waals surface area contributed by atoms with Gasteiger partial charge in [-0.25, -0.2) is 8.42 Å². The number of sulfonamides is 1. The van der Waals surface area contributed by atoms with Crippen molar-refractivity contribution in [1.29, 1.82) is 0 Å². The molecule has 2 aromatic rings. The van der Waals surface area contributed by atoms with Crippen molar-refractivity contribution >= 4 is 27.3 Å². The van der Waals surface area contributed by atoms with Gasteiger partial charge in [0, 0.05) is 19.0 Å². The molecule has 1 aromatic heterocycles. The summed E-state index contributed by atoms with van der Waals surface area (Å²) in [4.78, 5) is 12.4. The molecule has 0 unspecified atom stereocenters. The van der Waals surface area contributed by atoms with Crippen LogP contribution in [0.2, 0.25) is 0 Å². The van der Waals surface area contributed by atoms with Crippen LogP contribution in [0.1, 0.15) is 12.8 Å². The normalized spacial score (nSPS) is 15.9. The Hall–Kier alpha value is -2.10. The first-order valence-corrected chi connectivity index (χ1v) is 11.4. The van der Waals surface area contributed by atoms with E-state index in [1.807, 2.05) is 24.3 Å². The molecule has 2 heterocycles. The molecule has 0 aliphatic carbocycles. The van der Waals surface area contributed by atoms with E-state index in [4.69, 9.17) is 9.47 Å². The number of ether oxygens (including phenoxy) is 2. The molecule has 7 nitrogen and oxygen atoms in total. The number of nitrogens with zero attached hydrogens (tertiary/aromatic N) is 1. The highest BCUT2D eigenvalue weighted by Crippen LogP contribution is 2.27. The van der Waals surface area contributed by atoms with Crippen LogP contribution >= 0.6 is 11.3 Å². The summed E-state index contributed by atoms with van der Waals surface area (Å²) in [5.74, 6) is 1.04. The molecule has 1 amide bonds. The van der Waals surface area contributed by atoms with Crippen molar-refractivity contribution in [3.05, 3.63) is 41.8 Å². The van der Waals surface area contributed by atoms with Crippen LogP contribution in [0.3, 0.4) is 0 Å². The second kappa shape index (κ2) is 9.40. The maximum Gasteiger partial charge on any atom is 0.252 e. The van der Waals surface area contributed by atoms with Crippen LogP contribution in [-0.4, -0.2) is 52.0 Å². The van der Waals surface area contributed by atoms with Crippen molar-refractivity contribution < 1.29 is 22.7 Å². The van der Waals surface area contributed by atoms with Crippen LogP contribution in [0.4, 0.5) is 0 Å². The first kappa shape index (κ1) is 20.6. The van der Waals surface area contributed by atoms with Crippen molar-refractivity contribution in [2.75, 3.05) is 33.4 Å². The minimum atomic E-state index is -3.44. The van der Waals surface area contributed by atoms with E-state index in [2.05, 4.69) is 5.32 Å². The minimum Gasteiger partial charge on any atom is -0.493 e. The Labute approximate surface area is 169 Å². The van der Waals surface area contributed by atoms with Gasteiger partial charge in [-0.1, -0.05) is 18.2 Å². The van der Waals surface area contributed by atoms with Crippen molar-refractivity contribution in [3.63, 3.8) is 0 Å². The Morgan fingerprint density at radius 1 is 1.18 bits per heavy atom. The predicted molar refractivity (Wildman–Crippen MR) is 107 cm³/mol. The van der Waals surface area contributed by atoms with Gasteiger partial charge in [0.15, 0.2) is 11.5 Å². The number of nitrogens with one attached hydrogen (secondary N) is 1. The quantitative estimate of drug-likeness (QED) is 0.658. The molecule has 3 rings (SSSR count). The zero-order chi connectivity index (χ0) is 20.0. The summed E-state index contributed by atoms with van der Waals surface area (Å²) in [5, 5.41) is 4.62. The van der Waals surface area contributed by atoms with Gasteiger partial charge in [0.05, 0.1) is 13.7 Å². The van der Waals surface area contributed by atoms with E-state index in [0.29, 0.717) is 54.8 Å². The molecule has 9 heteroatoms. The average molecular weight is 425 g/mol. The Morgan fingerprint density at radius 2 is 1.89 bits per heavy atom. The van der Waals surface area contributed by atoms with E-state index in [9.17, 15) is 13.2 Å². The van der Waals surface area contributed by atoms with Crippen LogP contribution in [-0.2, 0) is 14.8 Å². The topological polar surface area (TPSA) is 84.9 Å². The zero-order valence-electron chi connectivity index (χ0n) is 15.7. The lowest BCUT2D eigenvalue weighted by atomic mass is 9.97. The van der Waals surface area contributed by atoms with Crippen molar-refractivity contribution in [2.24, 2.45) is 5.92 Å². The smallest absolute Gasteiger partial charge is 0.252 e. The van der Waals surface area contributed by atoms with Crippen LogP contribution in [0.15, 0.2) is 46.0 Å². The molecule has 1 N–H and O–H groups in total. The summed E-state index contributed by atoms with van der Waals surface area (Å²) in [5.41, 5.74) is 0. The lowest BCUT2D eigenvalue weighted by Crippen LogP contribution is -2.43. The molecule has 1 aromatic carbocycles. The predicted octanol–water partition coefficient (Wildman–Crippen LogP) is 2.35. The molecule has 0 atom stereocenters. The molecule has 0 saturated carbocycles. The summed E-state index contributed by atoms with van der Waals surface area (Å²) >= 11 is 1.21. The lowest BCUT2D eigenvalue weighted by Gasteiger charge is -2.30. The van der Waals surface area contributed by atoms with Crippen molar-refractivity contribution in [1.82, 2.24) is 9.62 Å². The number of para-hydroxylation sites is 2. The molecule has 0 spiro atoms. The summed E-state index contributed by atoms with van der Waals surface area (Å²) < 4.78 is 37.7. The first-order chi connectivity index (χ1) is 13.5. The third-order valence-corrected chi connectivity index (χ3v) is 7.91. The molecular formula is C19H24N2O5S2. The molecule has 1 aliphatic rings. The van der Waals surface area contributed by atoms with Crippen molar-refractivity contribution in [3.8, 4) is 11.5 Å². The number of thiophene rings is 1. The van der Waals surface area contributed by atoms with E-state index in [0.717, 1.165) is 0 Å². The molecule has 1 fully saturated rings. The van der Waals surface area contributed by atoms with Gasteiger partial charge in [0.1, 0.15) is 10.8 Å². The fourth-order valence-electron chi connectivity index (χ4n) is 3.11. The molecule has 152 valence electrons. The second-order valence-corrected chi connectivity index (χ2v) is 9.51. The third-order valence-electron chi connectivity index (χ3n) is 4.64. The highest BCUT2D eigenvalue weighted by atomic mass is 32.2. The van der Waals surface area contributed by atoms with Gasteiger partial charge >= 0.3 is 0 Å². The molecule has 1 saturated heterocycles. The van der Waals surface area contributed by atoms with Gasteiger partial charge < -0.3 is 14.8 Å². The van der Waals surface area contributed by atoms with E-state index in [1.54, 1.807) is 24.6 Å². The van der Waals surface area contributed by atoms with Gasteiger partial charge in [-0.05, 0) is 36.4 Å². The molecular weight excluding hydrogens is 400 g/mol. The lowest BCUT2D eigenvalue weighted by molar-refractivity contribution is -0.126. The highest BCUT2D eigenvalue weighted by Gasteiger charge is 2.32. The number of piperidine rings is 1. The molecule has 1 aliphatic heterocycles. The maximum absolute atomic E-state index is 12.5.